The number of nitrogens with one attached hydrogen (secondary N) is 1. The Morgan fingerprint density at radius 3 is 2.38 bits per heavy atom. The average molecular weight is 424 g/mol. The number of unbranched alkanes of at least 4 members (excludes halogenated alkanes) is 1. The van der Waals surface area contributed by atoms with Gasteiger partial charge in [0.15, 0.2) is 0 Å². The fourth-order valence-corrected chi connectivity index (χ4v) is 4.88. The molecule has 1 heterocycles. The minimum atomic E-state index is -3.84. The molecule has 1 N–H and O–H groups in total. The van der Waals surface area contributed by atoms with Gasteiger partial charge in [-0.3, -0.25) is 9.59 Å². The van der Waals surface area contributed by atoms with Crippen LogP contribution in [0, 0.1) is 5.41 Å². The van der Waals surface area contributed by atoms with Gasteiger partial charge >= 0.3 is 0 Å². The molecule has 1 unspecified atom stereocenters. The maximum atomic E-state index is 13.2. The number of rotatable bonds is 7. The largest absolute Gasteiger partial charge is 0.355 e. The van der Waals surface area contributed by atoms with Crippen LogP contribution >= 0.6 is 0 Å². The second-order valence-electron chi connectivity index (χ2n) is 8.67. The molecule has 0 saturated carbocycles. The molecule has 0 bridgehead atoms. The Balaban J connectivity index is 2.26. The smallest absolute Gasteiger partial charge is 0.243 e. The summed E-state index contributed by atoms with van der Waals surface area (Å²) in [5.41, 5.74) is -0.177. The van der Waals surface area contributed by atoms with E-state index in [2.05, 4.69) is 5.32 Å². The second kappa shape index (κ2) is 9.71. The van der Waals surface area contributed by atoms with Gasteiger partial charge in [-0.1, -0.05) is 52.3 Å². The highest BCUT2D eigenvalue weighted by atomic mass is 32.2. The molecule has 8 heteroatoms. The SMILES string of the molecule is CCCCNC(=O)C1CN(C(=O)CC(C)(C)C)CCN1S(=O)(=O)c1ccccc1. The van der Waals surface area contributed by atoms with Crippen LogP contribution in [0.2, 0.25) is 0 Å². The molecular formula is C21H33N3O4S. The molecule has 0 aliphatic carbocycles. The molecule has 1 saturated heterocycles. The summed E-state index contributed by atoms with van der Waals surface area (Å²) in [7, 11) is -3.84. The first kappa shape index (κ1) is 23.3. The summed E-state index contributed by atoms with van der Waals surface area (Å²) in [6.07, 6.45) is 2.09. The van der Waals surface area contributed by atoms with Gasteiger partial charge in [-0.25, -0.2) is 8.42 Å². The van der Waals surface area contributed by atoms with Crippen molar-refractivity contribution in [2.75, 3.05) is 26.2 Å². The monoisotopic (exact) mass is 423 g/mol. The van der Waals surface area contributed by atoms with Crippen LogP contribution in [0.4, 0.5) is 0 Å². The average Bonchev–Trinajstić information content (AvgIpc) is 2.67. The number of sulfonamides is 1. The van der Waals surface area contributed by atoms with E-state index in [0.29, 0.717) is 13.0 Å². The summed E-state index contributed by atoms with van der Waals surface area (Å²) in [4.78, 5) is 27.3. The highest BCUT2D eigenvalue weighted by Gasteiger charge is 2.41. The maximum absolute atomic E-state index is 13.2. The summed E-state index contributed by atoms with van der Waals surface area (Å²) in [6.45, 7) is 8.90. The quantitative estimate of drug-likeness (QED) is 0.682. The molecule has 1 aliphatic rings. The van der Waals surface area contributed by atoms with Crippen LogP contribution in [0.5, 0.6) is 0 Å². The minimum Gasteiger partial charge on any atom is -0.355 e. The molecule has 1 fully saturated rings. The van der Waals surface area contributed by atoms with E-state index in [1.165, 1.54) is 16.4 Å². The Morgan fingerprint density at radius 1 is 1.14 bits per heavy atom. The lowest BCUT2D eigenvalue weighted by atomic mass is 9.91. The van der Waals surface area contributed by atoms with Crippen LogP contribution < -0.4 is 5.32 Å². The van der Waals surface area contributed by atoms with Crippen molar-refractivity contribution in [3.63, 3.8) is 0 Å². The molecule has 2 amide bonds. The lowest BCUT2D eigenvalue weighted by Gasteiger charge is -2.40. The van der Waals surface area contributed by atoms with Crippen LogP contribution in [0.15, 0.2) is 35.2 Å². The third-order valence-electron chi connectivity index (χ3n) is 4.85. The number of nitrogens with zero attached hydrogens (tertiary/aromatic N) is 2. The molecule has 162 valence electrons. The van der Waals surface area contributed by atoms with Gasteiger partial charge < -0.3 is 10.2 Å². The Bertz CT molecular complexity index is 803. The van der Waals surface area contributed by atoms with Gasteiger partial charge in [0.05, 0.1) is 4.90 Å². The van der Waals surface area contributed by atoms with E-state index in [4.69, 9.17) is 0 Å². The van der Waals surface area contributed by atoms with Gasteiger partial charge in [0.2, 0.25) is 21.8 Å². The van der Waals surface area contributed by atoms with Crippen molar-refractivity contribution in [3.05, 3.63) is 30.3 Å². The van der Waals surface area contributed by atoms with E-state index in [1.807, 2.05) is 27.7 Å². The first-order valence-corrected chi connectivity index (χ1v) is 11.6. The molecule has 1 aromatic carbocycles. The summed E-state index contributed by atoms with van der Waals surface area (Å²) in [5, 5.41) is 2.83. The van der Waals surface area contributed by atoms with E-state index >= 15 is 0 Å². The standard InChI is InChI=1S/C21H33N3O4S/c1-5-6-12-22-20(26)18-16-23(19(25)15-21(2,3)4)13-14-24(18)29(27,28)17-10-8-7-9-11-17/h7-11,18H,5-6,12-16H2,1-4H3,(H,22,26). The lowest BCUT2D eigenvalue weighted by molar-refractivity contribution is -0.137. The highest BCUT2D eigenvalue weighted by molar-refractivity contribution is 7.89. The second-order valence-corrected chi connectivity index (χ2v) is 10.6. The van der Waals surface area contributed by atoms with Crippen molar-refractivity contribution in [2.45, 2.75) is 57.9 Å². The summed E-state index contributed by atoms with van der Waals surface area (Å²) < 4.78 is 27.6. The first-order chi connectivity index (χ1) is 13.6. The molecule has 1 aliphatic heterocycles. The van der Waals surface area contributed by atoms with Gasteiger partial charge in [-0.15, -0.1) is 0 Å². The number of hydrogen-bond donors (Lipinski definition) is 1. The third kappa shape index (κ3) is 6.27. The molecular weight excluding hydrogens is 390 g/mol. The Hall–Kier alpha value is -1.93. The molecule has 0 spiro atoms. The fraction of sp³-hybridized carbons (Fsp3) is 0.619. The number of carbonyl (C=O) groups excluding carboxylic acids is 2. The van der Waals surface area contributed by atoms with E-state index in [1.54, 1.807) is 23.1 Å². The van der Waals surface area contributed by atoms with Crippen molar-refractivity contribution in [1.29, 1.82) is 0 Å². The van der Waals surface area contributed by atoms with Crippen molar-refractivity contribution in [1.82, 2.24) is 14.5 Å². The zero-order valence-corrected chi connectivity index (χ0v) is 18.7. The van der Waals surface area contributed by atoms with Crippen molar-refractivity contribution in [2.24, 2.45) is 5.41 Å². The van der Waals surface area contributed by atoms with Crippen LogP contribution in [0.25, 0.3) is 0 Å². The minimum absolute atomic E-state index is 0.0550. The number of amides is 2. The number of carbonyl (C=O) groups is 2. The molecule has 29 heavy (non-hydrogen) atoms. The highest BCUT2D eigenvalue weighted by Crippen LogP contribution is 2.25. The molecule has 7 nitrogen and oxygen atoms in total. The zero-order valence-electron chi connectivity index (χ0n) is 17.8. The Kier molecular flexibility index (Phi) is 7.82. The molecule has 0 radical (unpaired) electrons. The van der Waals surface area contributed by atoms with E-state index < -0.39 is 16.1 Å². The van der Waals surface area contributed by atoms with Gasteiger partial charge in [-0.2, -0.15) is 4.31 Å². The van der Waals surface area contributed by atoms with Crippen LogP contribution in [0.3, 0.4) is 0 Å². The van der Waals surface area contributed by atoms with Crippen LogP contribution in [-0.4, -0.2) is 61.7 Å². The molecule has 1 aromatic rings. The number of benzene rings is 1. The Morgan fingerprint density at radius 2 is 1.79 bits per heavy atom. The van der Waals surface area contributed by atoms with Gasteiger partial charge in [0.25, 0.3) is 0 Å². The number of hydrogen-bond acceptors (Lipinski definition) is 4. The normalized spacial score (nSPS) is 18.5. The van der Waals surface area contributed by atoms with Crippen molar-refractivity contribution >= 4 is 21.8 Å². The molecule has 1 atom stereocenters. The van der Waals surface area contributed by atoms with Crippen molar-refractivity contribution < 1.29 is 18.0 Å². The predicted molar refractivity (Wildman–Crippen MR) is 113 cm³/mol. The topological polar surface area (TPSA) is 86.8 Å². The van der Waals surface area contributed by atoms with Crippen LogP contribution in [-0.2, 0) is 19.6 Å². The van der Waals surface area contributed by atoms with E-state index in [0.717, 1.165) is 12.8 Å². The number of piperazine rings is 1. The first-order valence-electron chi connectivity index (χ1n) is 10.2. The molecule has 2 rings (SSSR count). The Labute approximate surface area is 174 Å². The maximum Gasteiger partial charge on any atom is 0.243 e. The molecule has 0 aromatic heterocycles. The van der Waals surface area contributed by atoms with Crippen molar-refractivity contribution in [3.8, 4) is 0 Å². The summed E-state index contributed by atoms with van der Waals surface area (Å²) in [5.74, 6) is -0.410. The summed E-state index contributed by atoms with van der Waals surface area (Å²) >= 11 is 0. The predicted octanol–water partition coefficient (Wildman–Crippen LogP) is 2.24. The lowest BCUT2D eigenvalue weighted by Crippen LogP contribution is -2.61. The zero-order chi connectivity index (χ0) is 21.7. The summed E-state index contributed by atoms with van der Waals surface area (Å²) in [6, 6.07) is 7.18. The van der Waals surface area contributed by atoms with E-state index in [-0.39, 0.29) is 41.8 Å². The van der Waals surface area contributed by atoms with Crippen LogP contribution in [0.1, 0.15) is 47.0 Å². The third-order valence-corrected chi connectivity index (χ3v) is 6.77. The van der Waals surface area contributed by atoms with Gasteiger partial charge in [-0.05, 0) is 24.0 Å². The fourth-order valence-electron chi connectivity index (χ4n) is 3.29. The van der Waals surface area contributed by atoms with Gasteiger partial charge in [0.1, 0.15) is 6.04 Å². The van der Waals surface area contributed by atoms with E-state index in [9.17, 15) is 18.0 Å². The van der Waals surface area contributed by atoms with Gasteiger partial charge in [0, 0.05) is 32.6 Å².